The number of hydrogen-bond donors (Lipinski definition) is 1. The minimum Gasteiger partial charge on any atom is -0.475 e. The molecule has 6 aliphatic rings. The highest BCUT2D eigenvalue weighted by molar-refractivity contribution is 5.82. The van der Waals surface area contributed by atoms with Crippen LogP contribution in [0.2, 0.25) is 0 Å². The zero-order valence-electron chi connectivity index (χ0n) is 17.9. The summed E-state index contributed by atoms with van der Waals surface area (Å²) in [5.41, 5.74) is 5.47. The van der Waals surface area contributed by atoms with Gasteiger partial charge in [-0.2, -0.15) is 5.26 Å². The second-order valence-electron chi connectivity index (χ2n) is 10.4. The highest BCUT2D eigenvalue weighted by Gasteiger charge is 2.62. The third-order valence-corrected chi connectivity index (χ3v) is 8.62. The summed E-state index contributed by atoms with van der Waals surface area (Å²) in [6, 6.07) is 5.66. The smallest absolute Gasteiger partial charge is 0.321 e. The number of urea groups is 1. The Labute approximate surface area is 187 Å². The molecule has 5 fully saturated rings. The molecule has 4 saturated carbocycles. The van der Waals surface area contributed by atoms with Crippen molar-refractivity contribution < 1.29 is 14.3 Å². The Morgan fingerprint density at radius 3 is 2.72 bits per heavy atom. The van der Waals surface area contributed by atoms with E-state index in [2.05, 4.69) is 22.0 Å². The number of pyridine rings is 1. The van der Waals surface area contributed by atoms with Crippen molar-refractivity contribution in [1.29, 1.82) is 5.26 Å². The quantitative estimate of drug-likeness (QED) is 0.714. The number of carbonyl (C=O) groups is 2. The van der Waals surface area contributed by atoms with Gasteiger partial charge in [-0.15, -0.1) is 0 Å². The average Bonchev–Trinajstić information content (AvgIpc) is 3.30. The molecule has 8 nitrogen and oxygen atoms in total. The van der Waals surface area contributed by atoms with E-state index in [1.54, 1.807) is 12.1 Å². The predicted octanol–water partition coefficient (Wildman–Crippen LogP) is 2.06. The van der Waals surface area contributed by atoms with E-state index >= 15 is 0 Å². The summed E-state index contributed by atoms with van der Waals surface area (Å²) in [6.07, 6.45) is 10.4. The number of ether oxygens (including phenoxy) is 1. The fraction of sp³-hybridized carbons (Fsp3) is 0.583. The van der Waals surface area contributed by atoms with Crippen molar-refractivity contribution in [1.82, 2.24) is 14.8 Å². The lowest BCUT2D eigenvalue weighted by molar-refractivity contribution is -0.150. The minimum atomic E-state index is -0.511. The van der Waals surface area contributed by atoms with Gasteiger partial charge in [0, 0.05) is 30.3 Å². The highest BCUT2D eigenvalue weighted by atomic mass is 16.5. The van der Waals surface area contributed by atoms with E-state index in [1.165, 1.54) is 6.20 Å². The normalized spacial score (nSPS) is 38.8. The molecule has 0 radical (unpaired) electrons. The fourth-order valence-corrected chi connectivity index (χ4v) is 7.52. The number of rotatable bonds is 5. The number of carbonyl (C=O) groups excluding carboxylic acids is 2. The van der Waals surface area contributed by atoms with Crippen molar-refractivity contribution in [3.8, 4) is 11.9 Å². The highest BCUT2D eigenvalue weighted by Crippen LogP contribution is 2.61. The molecule has 2 aliphatic heterocycles. The van der Waals surface area contributed by atoms with Crippen LogP contribution in [0.4, 0.5) is 4.79 Å². The first-order valence-corrected chi connectivity index (χ1v) is 11.5. The van der Waals surface area contributed by atoms with Gasteiger partial charge in [0.1, 0.15) is 18.2 Å². The summed E-state index contributed by atoms with van der Waals surface area (Å²) in [6.45, 7) is 1.49. The maximum atomic E-state index is 13.5. The molecule has 1 aromatic heterocycles. The summed E-state index contributed by atoms with van der Waals surface area (Å²) in [5.74, 6) is 1.56. The van der Waals surface area contributed by atoms with E-state index in [9.17, 15) is 9.59 Å². The molecule has 4 bridgehead atoms. The van der Waals surface area contributed by atoms with Crippen molar-refractivity contribution >= 4 is 11.9 Å². The van der Waals surface area contributed by atoms with Gasteiger partial charge in [0.2, 0.25) is 11.8 Å². The molecule has 4 aliphatic carbocycles. The van der Waals surface area contributed by atoms with Gasteiger partial charge in [0.15, 0.2) is 0 Å². The first kappa shape index (κ1) is 19.6. The molecule has 3 atom stereocenters. The van der Waals surface area contributed by atoms with Crippen LogP contribution in [0.5, 0.6) is 5.88 Å². The van der Waals surface area contributed by atoms with Crippen molar-refractivity contribution in [2.75, 3.05) is 19.7 Å². The van der Waals surface area contributed by atoms with Crippen molar-refractivity contribution in [2.45, 2.75) is 43.7 Å². The van der Waals surface area contributed by atoms with Gasteiger partial charge in [0.05, 0.1) is 12.1 Å². The lowest BCUT2D eigenvalue weighted by Crippen LogP contribution is -2.62. The SMILES string of the molecule is N#Cc1ccc(OCC23C=CCN2C(=O)N(C2C4CC5CC2CC(C(N)=O)(C5)C4)C3)nc1. The van der Waals surface area contributed by atoms with Crippen LogP contribution in [-0.2, 0) is 4.79 Å². The molecular weight excluding hydrogens is 406 g/mol. The number of nitriles is 1. The third-order valence-electron chi connectivity index (χ3n) is 8.62. The van der Waals surface area contributed by atoms with E-state index in [1.807, 2.05) is 11.0 Å². The van der Waals surface area contributed by atoms with E-state index in [-0.39, 0.29) is 23.4 Å². The molecule has 2 N–H and O–H groups in total. The Bertz CT molecular complexity index is 1030. The summed E-state index contributed by atoms with van der Waals surface area (Å²) in [4.78, 5) is 34.0. The summed E-state index contributed by atoms with van der Waals surface area (Å²) < 4.78 is 5.99. The number of nitrogens with two attached hydrogens (primary N) is 1. The van der Waals surface area contributed by atoms with Crippen LogP contribution in [-0.4, -0.2) is 58.0 Å². The van der Waals surface area contributed by atoms with Crippen molar-refractivity contribution in [2.24, 2.45) is 28.9 Å². The number of aromatic nitrogens is 1. The van der Waals surface area contributed by atoms with Crippen LogP contribution in [0.15, 0.2) is 30.5 Å². The first-order valence-electron chi connectivity index (χ1n) is 11.5. The fourth-order valence-electron chi connectivity index (χ4n) is 7.52. The molecule has 166 valence electrons. The largest absolute Gasteiger partial charge is 0.475 e. The maximum absolute atomic E-state index is 13.5. The van der Waals surface area contributed by atoms with Crippen LogP contribution >= 0.6 is 0 Å². The number of primary amides is 1. The van der Waals surface area contributed by atoms with Crippen LogP contribution < -0.4 is 10.5 Å². The van der Waals surface area contributed by atoms with Crippen LogP contribution in [0.1, 0.15) is 37.7 Å². The minimum absolute atomic E-state index is 0.0667. The van der Waals surface area contributed by atoms with Gasteiger partial charge in [-0.25, -0.2) is 9.78 Å². The topological polar surface area (TPSA) is 113 Å². The second-order valence-corrected chi connectivity index (χ2v) is 10.4. The van der Waals surface area contributed by atoms with Gasteiger partial charge in [-0.1, -0.05) is 12.2 Å². The lowest BCUT2D eigenvalue weighted by Gasteiger charge is -2.60. The third kappa shape index (κ3) is 2.70. The number of amides is 3. The molecular formula is C24H27N5O3. The molecule has 0 spiro atoms. The van der Waals surface area contributed by atoms with Gasteiger partial charge in [0.25, 0.3) is 0 Å². The molecule has 1 saturated heterocycles. The van der Waals surface area contributed by atoms with E-state index < -0.39 is 5.54 Å². The van der Waals surface area contributed by atoms with Gasteiger partial charge in [-0.3, -0.25) is 4.79 Å². The van der Waals surface area contributed by atoms with E-state index in [4.69, 9.17) is 15.7 Å². The Morgan fingerprint density at radius 2 is 2.06 bits per heavy atom. The Balaban J connectivity index is 1.23. The van der Waals surface area contributed by atoms with E-state index in [0.29, 0.717) is 48.9 Å². The summed E-state index contributed by atoms with van der Waals surface area (Å²) in [5, 5.41) is 8.95. The number of nitrogens with zero attached hydrogens (tertiary/aromatic N) is 4. The van der Waals surface area contributed by atoms with Gasteiger partial charge in [-0.05, 0) is 55.9 Å². The molecule has 32 heavy (non-hydrogen) atoms. The number of hydrogen-bond acceptors (Lipinski definition) is 5. The lowest BCUT2D eigenvalue weighted by atomic mass is 9.47. The molecule has 0 aromatic carbocycles. The van der Waals surface area contributed by atoms with Crippen LogP contribution in [0.3, 0.4) is 0 Å². The molecule has 7 rings (SSSR count). The maximum Gasteiger partial charge on any atom is 0.321 e. The van der Waals surface area contributed by atoms with Crippen molar-refractivity contribution in [3.05, 3.63) is 36.0 Å². The standard InChI is InChI=1S/C24H27N5O3/c25-11-15-2-3-19(27-12-15)32-14-24-4-1-5-29(24)22(31)28(13-24)20-17-6-16-7-18(20)10-23(8-16,9-17)21(26)30/h1-4,12,16-18,20H,5-10,13-14H2,(H2,26,30). The zero-order chi connectivity index (χ0) is 22.1. The molecule has 1 aromatic rings. The summed E-state index contributed by atoms with van der Waals surface area (Å²) >= 11 is 0. The molecule has 3 unspecified atom stereocenters. The second kappa shape index (κ2) is 6.71. The predicted molar refractivity (Wildman–Crippen MR) is 114 cm³/mol. The molecule has 3 amide bonds. The Morgan fingerprint density at radius 1 is 1.28 bits per heavy atom. The average molecular weight is 434 g/mol. The van der Waals surface area contributed by atoms with Gasteiger partial charge < -0.3 is 20.3 Å². The molecule has 8 heteroatoms. The Hall–Kier alpha value is -3.08. The van der Waals surface area contributed by atoms with Gasteiger partial charge >= 0.3 is 6.03 Å². The summed E-state index contributed by atoms with van der Waals surface area (Å²) in [7, 11) is 0. The van der Waals surface area contributed by atoms with Crippen molar-refractivity contribution in [3.63, 3.8) is 0 Å². The van der Waals surface area contributed by atoms with Crippen LogP contribution in [0, 0.1) is 34.5 Å². The zero-order valence-corrected chi connectivity index (χ0v) is 17.9. The number of fused-ring (bicyclic) bond motifs is 1. The first-order chi connectivity index (χ1) is 15.4. The Kier molecular flexibility index (Phi) is 4.11. The monoisotopic (exact) mass is 433 g/mol. The van der Waals surface area contributed by atoms with E-state index in [0.717, 1.165) is 32.1 Å². The molecule has 3 heterocycles. The van der Waals surface area contributed by atoms with Crippen LogP contribution in [0.25, 0.3) is 0 Å².